The number of nitrogens with one attached hydrogen (secondary N) is 1. The average Bonchev–Trinajstić information content (AvgIpc) is 3.21. The summed E-state index contributed by atoms with van der Waals surface area (Å²) in [7, 11) is 0. The fraction of sp³-hybridized carbons (Fsp3) is 0.647. The third kappa shape index (κ3) is 3.35. The zero-order valence-electron chi connectivity index (χ0n) is 12.1. The van der Waals surface area contributed by atoms with E-state index in [1.807, 2.05) is 0 Å². The zero-order valence-corrected chi connectivity index (χ0v) is 12.1. The molecule has 1 aliphatic rings. The second-order valence-electron chi connectivity index (χ2n) is 5.52. The van der Waals surface area contributed by atoms with Gasteiger partial charge in [-0.1, -0.05) is 51.8 Å². The Labute approximate surface area is 112 Å². The van der Waals surface area contributed by atoms with Gasteiger partial charge in [0.05, 0.1) is 0 Å². The highest BCUT2D eigenvalue weighted by Gasteiger charge is 2.26. The van der Waals surface area contributed by atoms with Crippen molar-refractivity contribution in [2.75, 3.05) is 6.54 Å². The van der Waals surface area contributed by atoms with E-state index in [9.17, 15) is 0 Å². The Hall–Kier alpha value is -0.820. The first kappa shape index (κ1) is 13.6. The maximum atomic E-state index is 3.66. The molecule has 1 aliphatic carbocycles. The highest BCUT2D eigenvalue weighted by Crippen LogP contribution is 2.37. The Bertz CT molecular complexity index is 379. The molecule has 0 aromatic heterocycles. The molecule has 0 bridgehead atoms. The van der Waals surface area contributed by atoms with E-state index in [1.54, 1.807) is 0 Å². The van der Waals surface area contributed by atoms with Crippen LogP contribution in [0.2, 0.25) is 0 Å². The lowest BCUT2D eigenvalue weighted by atomic mass is 9.94. The Morgan fingerprint density at radius 2 is 1.83 bits per heavy atom. The van der Waals surface area contributed by atoms with Crippen molar-refractivity contribution in [3.05, 3.63) is 34.9 Å². The Morgan fingerprint density at radius 1 is 1.11 bits per heavy atom. The largest absolute Gasteiger partial charge is 0.310 e. The molecule has 0 aliphatic heterocycles. The topological polar surface area (TPSA) is 12.0 Å². The smallest absolute Gasteiger partial charge is 0.0322 e. The van der Waals surface area contributed by atoms with E-state index in [0.717, 1.165) is 25.3 Å². The van der Waals surface area contributed by atoms with Gasteiger partial charge in [0.1, 0.15) is 0 Å². The van der Waals surface area contributed by atoms with Gasteiger partial charge in [-0.25, -0.2) is 0 Å². The van der Waals surface area contributed by atoms with Crippen LogP contribution in [0, 0.1) is 5.92 Å². The second kappa shape index (κ2) is 6.38. The second-order valence-corrected chi connectivity index (χ2v) is 5.52. The number of aryl methyl sites for hydroxylation is 2. The number of benzene rings is 1. The predicted octanol–water partition coefficient (Wildman–Crippen LogP) is 4.26. The molecular formula is C17H27N. The molecule has 1 saturated carbocycles. The van der Waals surface area contributed by atoms with Gasteiger partial charge in [0.25, 0.3) is 0 Å². The first-order valence-electron chi connectivity index (χ1n) is 7.63. The molecule has 18 heavy (non-hydrogen) atoms. The molecular weight excluding hydrogens is 218 g/mol. The van der Waals surface area contributed by atoms with Crippen molar-refractivity contribution in [2.24, 2.45) is 5.92 Å². The van der Waals surface area contributed by atoms with E-state index >= 15 is 0 Å². The normalized spacial score (nSPS) is 16.8. The summed E-state index contributed by atoms with van der Waals surface area (Å²) in [5.74, 6) is 0.977. The molecule has 1 atom stereocenters. The number of hydrogen-bond donors (Lipinski definition) is 1. The summed E-state index contributed by atoms with van der Waals surface area (Å²) in [6, 6.07) is 7.69. The van der Waals surface area contributed by atoms with Crippen LogP contribution in [-0.4, -0.2) is 6.54 Å². The molecule has 100 valence electrons. The van der Waals surface area contributed by atoms with Crippen molar-refractivity contribution in [1.29, 1.82) is 0 Å². The van der Waals surface area contributed by atoms with E-state index < -0.39 is 0 Å². The highest BCUT2D eigenvalue weighted by molar-refractivity contribution is 5.34. The summed E-state index contributed by atoms with van der Waals surface area (Å²) in [6.45, 7) is 7.79. The van der Waals surface area contributed by atoms with Gasteiger partial charge in [-0.2, -0.15) is 0 Å². The van der Waals surface area contributed by atoms with E-state index in [-0.39, 0.29) is 0 Å². The van der Waals surface area contributed by atoms with Crippen LogP contribution in [0.5, 0.6) is 0 Å². The van der Waals surface area contributed by atoms with Crippen molar-refractivity contribution < 1.29 is 0 Å². The minimum atomic E-state index is 0.568. The van der Waals surface area contributed by atoms with Crippen LogP contribution in [0.15, 0.2) is 18.2 Å². The molecule has 0 amide bonds. The van der Waals surface area contributed by atoms with Gasteiger partial charge in [-0.15, -0.1) is 0 Å². The Balaban J connectivity index is 2.17. The maximum Gasteiger partial charge on any atom is 0.0322 e. The molecule has 1 fully saturated rings. The van der Waals surface area contributed by atoms with Crippen LogP contribution >= 0.6 is 0 Å². The van der Waals surface area contributed by atoms with Gasteiger partial charge in [-0.3, -0.25) is 0 Å². The summed E-state index contributed by atoms with van der Waals surface area (Å²) in [5, 5.41) is 3.66. The van der Waals surface area contributed by atoms with Crippen LogP contribution in [0.25, 0.3) is 0 Å². The van der Waals surface area contributed by atoms with Crippen molar-refractivity contribution >= 4 is 0 Å². The highest BCUT2D eigenvalue weighted by atomic mass is 14.9. The van der Waals surface area contributed by atoms with E-state index in [1.165, 1.54) is 36.0 Å². The SMILES string of the molecule is CCNC(CC1CC1)c1ccc(CC)c(CC)c1. The average molecular weight is 245 g/mol. The summed E-state index contributed by atoms with van der Waals surface area (Å²) < 4.78 is 0. The van der Waals surface area contributed by atoms with Crippen LogP contribution in [0.1, 0.15) is 62.8 Å². The van der Waals surface area contributed by atoms with Gasteiger partial charge >= 0.3 is 0 Å². The van der Waals surface area contributed by atoms with Crippen molar-refractivity contribution in [3.8, 4) is 0 Å². The molecule has 0 radical (unpaired) electrons. The summed E-state index contributed by atoms with van der Waals surface area (Å²) in [5.41, 5.74) is 4.55. The summed E-state index contributed by atoms with van der Waals surface area (Å²) >= 11 is 0. The van der Waals surface area contributed by atoms with E-state index in [0.29, 0.717) is 6.04 Å². The number of rotatable bonds is 7. The first-order valence-corrected chi connectivity index (χ1v) is 7.63. The Kier molecular flexibility index (Phi) is 4.82. The minimum absolute atomic E-state index is 0.568. The van der Waals surface area contributed by atoms with Gasteiger partial charge in [-0.05, 0) is 48.4 Å². The van der Waals surface area contributed by atoms with Crippen molar-refractivity contribution in [1.82, 2.24) is 5.32 Å². The molecule has 0 heterocycles. The lowest BCUT2D eigenvalue weighted by Crippen LogP contribution is -2.21. The lowest BCUT2D eigenvalue weighted by molar-refractivity contribution is 0.486. The fourth-order valence-corrected chi connectivity index (χ4v) is 2.81. The molecule has 1 nitrogen and oxygen atoms in total. The molecule has 1 aromatic carbocycles. The quantitative estimate of drug-likeness (QED) is 0.756. The van der Waals surface area contributed by atoms with Crippen LogP contribution in [-0.2, 0) is 12.8 Å². The lowest BCUT2D eigenvalue weighted by Gasteiger charge is -2.20. The standard InChI is InChI=1S/C17H27N/c1-4-14-9-10-16(12-15(14)5-2)17(18-6-3)11-13-7-8-13/h9-10,12-13,17-18H,4-8,11H2,1-3H3. The summed E-state index contributed by atoms with van der Waals surface area (Å²) in [4.78, 5) is 0. The summed E-state index contributed by atoms with van der Waals surface area (Å²) in [6.07, 6.45) is 6.50. The van der Waals surface area contributed by atoms with Gasteiger partial charge in [0.2, 0.25) is 0 Å². The third-order valence-corrected chi connectivity index (χ3v) is 4.11. The van der Waals surface area contributed by atoms with Crippen molar-refractivity contribution in [2.45, 2.75) is 58.9 Å². The van der Waals surface area contributed by atoms with Crippen molar-refractivity contribution in [3.63, 3.8) is 0 Å². The molecule has 1 N–H and O–H groups in total. The molecule has 1 unspecified atom stereocenters. The molecule has 2 rings (SSSR count). The van der Waals surface area contributed by atoms with E-state index in [2.05, 4.69) is 44.3 Å². The zero-order chi connectivity index (χ0) is 13.0. The van der Waals surface area contributed by atoms with Gasteiger partial charge < -0.3 is 5.32 Å². The maximum absolute atomic E-state index is 3.66. The monoisotopic (exact) mass is 245 g/mol. The van der Waals surface area contributed by atoms with Crippen LogP contribution < -0.4 is 5.32 Å². The van der Waals surface area contributed by atoms with Gasteiger partial charge in [0.15, 0.2) is 0 Å². The molecule has 1 heteroatoms. The molecule has 1 aromatic rings. The third-order valence-electron chi connectivity index (χ3n) is 4.11. The van der Waals surface area contributed by atoms with E-state index in [4.69, 9.17) is 0 Å². The Morgan fingerprint density at radius 3 is 2.39 bits per heavy atom. The molecule has 0 saturated heterocycles. The minimum Gasteiger partial charge on any atom is -0.310 e. The fourth-order valence-electron chi connectivity index (χ4n) is 2.81. The number of hydrogen-bond acceptors (Lipinski definition) is 1. The van der Waals surface area contributed by atoms with Gasteiger partial charge in [0, 0.05) is 6.04 Å². The predicted molar refractivity (Wildman–Crippen MR) is 79.0 cm³/mol. The molecule has 0 spiro atoms. The first-order chi connectivity index (χ1) is 8.78. The van der Waals surface area contributed by atoms with Crippen LogP contribution in [0.3, 0.4) is 0 Å². The van der Waals surface area contributed by atoms with Crippen LogP contribution in [0.4, 0.5) is 0 Å².